The third kappa shape index (κ3) is 16.3. The van der Waals surface area contributed by atoms with Gasteiger partial charge in [-0.2, -0.15) is 0 Å². The molecule has 1 aliphatic carbocycles. The van der Waals surface area contributed by atoms with E-state index in [1.54, 1.807) is 0 Å². The molecule has 0 aromatic heterocycles. The zero-order valence-electron chi connectivity index (χ0n) is 23.8. The predicted octanol–water partition coefficient (Wildman–Crippen LogP) is 9.04. The molecule has 0 radical (unpaired) electrons. The Balaban J connectivity index is 2.16. The number of rotatable bonds is 21. The van der Waals surface area contributed by atoms with Gasteiger partial charge in [-0.15, -0.1) is 0 Å². The molecule has 4 nitrogen and oxygen atoms in total. The molecule has 1 saturated carbocycles. The average Bonchev–Trinajstić information content (AvgIpc) is 2.85. The maximum absolute atomic E-state index is 12.7. The molecule has 1 rings (SSSR count). The maximum atomic E-state index is 12.7. The molecule has 0 aromatic carbocycles. The van der Waals surface area contributed by atoms with Gasteiger partial charge in [0.2, 0.25) is 0 Å². The SMILES string of the molecule is CCCCCC(CCC)COC(=O)C1CCCC(C(=O)OCCCCCCCCCCC(C)C)C1. The molecule has 3 unspecified atom stereocenters. The summed E-state index contributed by atoms with van der Waals surface area (Å²) in [7, 11) is 0. The lowest BCUT2D eigenvalue weighted by atomic mass is 9.81. The van der Waals surface area contributed by atoms with Crippen LogP contribution < -0.4 is 0 Å². The summed E-state index contributed by atoms with van der Waals surface area (Å²) in [4.78, 5) is 25.3. The number of ether oxygens (including phenoxy) is 2. The Kier molecular flexibility index (Phi) is 19.2. The Hall–Kier alpha value is -1.06. The van der Waals surface area contributed by atoms with E-state index in [1.807, 2.05) is 0 Å². The van der Waals surface area contributed by atoms with Crippen LogP contribution >= 0.6 is 0 Å². The highest BCUT2D eigenvalue weighted by Crippen LogP contribution is 2.31. The monoisotopic (exact) mass is 494 g/mol. The molecule has 1 fully saturated rings. The van der Waals surface area contributed by atoms with E-state index < -0.39 is 0 Å². The smallest absolute Gasteiger partial charge is 0.308 e. The van der Waals surface area contributed by atoms with Gasteiger partial charge in [-0.05, 0) is 50.4 Å². The van der Waals surface area contributed by atoms with Crippen molar-refractivity contribution in [2.75, 3.05) is 13.2 Å². The molecule has 0 aromatic rings. The van der Waals surface area contributed by atoms with Crippen molar-refractivity contribution in [3.8, 4) is 0 Å². The minimum Gasteiger partial charge on any atom is -0.465 e. The van der Waals surface area contributed by atoms with Gasteiger partial charge >= 0.3 is 11.9 Å². The first kappa shape index (κ1) is 32.0. The van der Waals surface area contributed by atoms with Crippen molar-refractivity contribution >= 4 is 11.9 Å². The highest BCUT2D eigenvalue weighted by Gasteiger charge is 2.33. The summed E-state index contributed by atoms with van der Waals surface area (Å²) in [6.07, 6.45) is 21.7. The molecule has 0 heterocycles. The maximum Gasteiger partial charge on any atom is 0.308 e. The number of hydrogen-bond acceptors (Lipinski definition) is 4. The van der Waals surface area contributed by atoms with E-state index in [9.17, 15) is 9.59 Å². The molecule has 0 aliphatic heterocycles. The highest BCUT2D eigenvalue weighted by atomic mass is 16.5. The van der Waals surface area contributed by atoms with Crippen molar-refractivity contribution in [3.05, 3.63) is 0 Å². The van der Waals surface area contributed by atoms with Crippen LogP contribution in [0.3, 0.4) is 0 Å². The van der Waals surface area contributed by atoms with E-state index >= 15 is 0 Å². The molecule has 4 heteroatoms. The topological polar surface area (TPSA) is 52.6 Å². The first-order chi connectivity index (χ1) is 17.0. The first-order valence-corrected chi connectivity index (χ1v) is 15.3. The Morgan fingerprint density at radius 1 is 0.686 bits per heavy atom. The van der Waals surface area contributed by atoms with E-state index in [0.717, 1.165) is 57.3 Å². The zero-order valence-corrected chi connectivity index (χ0v) is 23.8. The van der Waals surface area contributed by atoms with E-state index in [0.29, 0.717) is 25.6 Å². The van der Waals surface area contributed by atoms with Crippen molar-refractivity contribution in [3.63, 3.8) is 0 Å². The van der Waals surface area contributed by atoms with E-state index in [-0.39, 0.29) is 23.8 Å². The normalized spacial score (nSPS) is 19.0. The summed E-state index contributed by atoms with van der Waals surface area (Å²) in [5.74, 6) is 0.835. The summed E-state index contributed by atoms with van der Waals surface area (Å²) in [5.41, 5.74) is 0. The van der Waals surface area contributed by atoms with Gasteiger partial charge in [0.05, 0.1) is 25.0 Å². The third-order valence-corrected chi connectivity index (χ3v) is 7.64. The minimum absolute atomic E-state index is 0.0942. The van der Waals surface area contributed by atoms with Crippen molar-refractivity contribution in [2.24, 2.45) is 23.7 Å². The quantitative estimate of drug-likeness (QED) is 0.118. The second kappa shape index (κ2) is 21.1. The van der Waals surface area contributed by atoms with E-state index in [4.69, 9.17) is 9.47 Å². The first-order valence-electron chi connectivity index (χ1n) is 15.3. The molecule has 0 N–H and O–H groups in total. The van der Waals surface area contributed by atoms with Crippen LogP contribution in [0, 0.1) is 23.7 Å². The summed E-state index contributed by atoms with van der Waals surface area (Å²) in [5, 5.41) is 0. The molecule has 0 spiro atoms. The van der Waals surface area contributed by atoms with Gasteiger partial charge in [-0.1, -0.05) is 111 Å². The average molecular weight is 495 g/mol. The fraction of sp³-hybridized carbons (Fsp3) is 0.935. The van der Waals surface area contributed by atoms with Crippen molar-refractivity contribution in [1.82, 2.24) is 0 Å². The Bertz CT molecular complexity index is 530. The van der Waals surface area contributed by atoms with Crippen LogP contribution in [0.2, 0.25) is 0 Å². The molecule has 206 valence electrons. The van der Waals surface area contributed by atoms with Crippen LogP contribution in [-0.2, 0) is 19.1 Å². The van der Waals surface area contributed by atoms with Crippen LogP contribution in [0.25, 0.3) is 0 Å². The molecule has 0 saturated heterocycles. The fourth-order valence-electron chi connectivity index (χ4n) is 5.34. The Morgan fingerprint density at radius 2 is 1.26 bits per heavy atom. The highest BCUT2D eigenvalue weighted by molar-refractivity contribution is 5.76. The second-order valence-corrected chi connectivity index (χ2v) is 11.5. The molecule has 3 atom stereocenters. The van der Waals surface area contributed by atoms with Crippen molar-refractivity contribution < 1.29 is 19.1 Å². The van der Waals surface area contributed by atoms with Crippen LogP contribution in [0.1, 0.15) is 150 Å². The van der Waals surface area contributed by atoms with Gasteiger partial charge in [0, 0.05) is 0 Å². The largest absolute Gasteiger partial charge is 0.465 e. The standard InChI is InChI=1S/C31H58O4/c1-5-7-14-20-27(18-6-2)25-35-31(33)29-22-17-21-28(24-29)30(32)34-23-16-13-11-9-8-10-12-15-19-26(3)4/h26-29H,5-25H2,1-4H3. The predicted molar refractivity (Wildman–Crippen MR) is 146 cm³/mol. The van der Waals surface area contributed by atoms with Crippen LogP contribution in [-0.4, -0.2) is 25.2 Å². The van der Waals surface area contributed by atoms with Gasteiger partial charge in [-0.3, -0.25) is 9.59 Å². The molecule has 35 heavy (non-hydrogen) atoms. The summed E-state index contributed by atoms with van der Waals surface area (Å²) < 4.78 is 11.3. The van der Waals surface area contributed by atoms with Gasteiger partial charge in [-0.25, -0.2) is 0 Å². The number of unbranched alkanes of at least 4 members (excludes halogenated alkanes) is 9. The summed E-state index contributed by atoms with van der Waals surface area (Å²) >= 11 is 0. The van der Waals surface area contributed by atoms with Crippen molar-refractivity contribution in [1.29, 1.82) is 0 Å². The lowest BCUT2D eigenvalue weighted by Gasteiger charge is -2.27. The minimum atomic E-state index is -0.139. The second-order valence-electron chi connectivity index (χ2n) is 11.5. The summed E-state index contributed by atoms with van der Waals surface area (Å²) in [6.45, 7) is 10.1. The Labute approximate surface area is 217 Å². The molecular formula is C31H58O4. The summed E-state index contributed by atoms with van der Waals surface area (Å²) in [6, 6.07) is 0. The van der Waals surface area contributed by atoms with Crippen molar-refractivity contribution in [2.45, 2.75) is 150 Å². The number of carbonyl (C=O) groups excluding carboxylic acids is 2. The number of esters is 2. The van der Waals surface area contributed by atoms with E-state index in [1.165, 1.54) is 64.2 Å². The lowest BCUT2D eigenvalue weighted by Crippen LogP contribution is -2.30. The van der Waals surface area contributed by atoms with Crippen LogP contribution in [0.15, 0.2) is 0 Å². The molecular weight excluding hydrogens is 436 g/mol. The van der Waals surface area contributed by atoms with Crippen LogP contribution in [0.4, 0.5) is 0 Å². The zero-order chi connectivity index (χ0) is 25.7. The lowest BCUT2D eigenvalue weighted by molar-refractivity contribution is -0.156. The molecule has 1 aliphatic rings. The number of hydrogen-bond donors (Lipinski definition) is 0. The third-order valence-electron chi connectivity index (χ3n) is 7.64. The van der Waals surface area contributed by atoms with Gasteiger partial charge in [0.1, 0.15) is 0 Å². The van der Waals surface area contributed by atoms with E-state index in [2.05, 4.69) is 27.7 Å². The van der Waals surface area contributed by atoms with Gasteiger partial charge < -0.3 is 9.47 Å². The molecule has 0 amide bonds. The fourth-order valence-corrected chi connectivity index (χ4v) is 5.34. The van der Waals surface area contributed by atoms with Gasteiger partial charge in [0.15, 0.2) is 0 Å². The Morgan fingerprint density at radius 3 is 1.86 bits per heavy atom. The molecule has 0 bridgehead atoms. The van der Waals surface area contributed by atoms with Crippen LogP contribution in [0.5, 0.6) is 0 Å². The van der Waals surface area contributed by atoms with Gasteiger partial charge in [0.25, 0.3) is 0 Å². The number of carbonyl (C=O) groups is 2.